The van der Waals surface area contributed by atoms with Crippen LogP contribution in [0.1, 0.15) is 24.7 Å². The van der Waals surface area contributed by atoms with E-state index in [-0.39, 0.29) is 10.8 Å². The van der Waals surface area contributed by atoms with E-state index in [9.17, 15) is 16.8 Å². The van der Waals surface area contributed by atoms with Crippen LogP contribution < -0.4 is 10.0 Å². The topological polar surface area (TPSA) is 151 Å². The van der Waals surface area contributed by atoms with E-state index in [1.807, 2.05) is 0 Å². The van der Waals surface area contributed by atoms with Crippen molar-refractivity contribution in [2.75, 3.05) is 25.4 Å². The molecule has 3 rings (SSSR count). The van der Waals surface area contributed by atoms with Crippen LogP contribution >= 0.6 is 0 Å². The van der Waals surface area contributed by atoms with E-state index in [1.54, 1.807) is 12.1 Å². The molecule has 0 saturated carbocycles. The highest BCUT2D eigenvalue weighted by atomic mass is 32.2. The molecule has 0 amide bonds. The summed E-state index contributed by atoms with van der Waals surface area (Å²) in [5, 5.41) is 7.23. The largest absolute Gasteiger partial charge is 0.339 e. The van der Waals surface area contributed by atoms with Gasteiger partial charge in [-0.15, -0.1) is 0 Å². The highest BCUT2D eigenvalue weighted by Crippen LogP contribution is 2.26. The molecule has 0 radical (unpaired) electrons. The van der Waals surface area contributed by atoms with E-state index >= 15 is 0 Å². The van der Waals surface area contributed by atoms with E-state index in [2.05, 4.69) is 20.2 Å². The van der Waals surface area contributed by atoms with Gasteiger partial charge in [-0.25, -0.2) is 13.1 Å². The molecule has 1 aliphatic rings. The van der Waals surface area contributed by atoms with E-state index in [1.165, 1.54) is 12.1 Å². The smallest absolute Gasteiger partial charge is 0.266 e. The lowest BCUT2D eigenvalue weighted by Crippen LogP contribution is -2.29. The van der Waals surface area contributed by atoms with Crippen molar-refractivity contribution in [3.63, 3.8) is 0 Å². The summed E-state index contributed by atoms with van der Waals surface area (Å²) >= 11 is 0. The van der Waals surface area contributed by atoms with Crippen LogP contribution in [0.2, 0.25) is 0 Å². The van der Waals surface area contributed by atoms with Gasteiger partial charge in [-0.2, -0.15) is 13.4 Å². The summed E-state index contributed by atoms with van der Waals surface area (Å²) in [5.41, 5.74) is 0.607. The van der Waals surface area contributed by atoms with Gasteiger partial charge in [-0.1, -0.05) is 5.16 Å². The zero-order valence-corrected chi connectivity index (χ0v) is 16.0. The minimum absolute atomic E-state index is 0.0383. The van der Waals surface area contributed by atoms with Crippen molar-refractivity contribution in [2.24, 2.45) is 0 Å². The molecule has 1 saturated heterocycles. The monoisotopic (exact) mass is 416 g/mol. The second-order valence-corrected chi connectivity index (χ2v) is 9.53. The third kappa shape index (κ3) is 5.32. The number of rotatable bonds is 7. The highest BCUT2D eigenvalue weighted by molar-refractivity contribution is 7.89. The summed E-state index contributed by atoms with van der Waals surface area (Å²) in [6, 6.07) is 5.83. The second-order valence-electron chi connectivity index (χ2n) is 6.19. The van der Waals surface area contributed by atoms with Crippen LogP contribution in [-0.4, -0.2) is 56.9 Å². The van der Waals surface area contributed by atoms with Gasteiger partial charge in [0.1, 0.15) is 0 Å². The summed E-state index contributed by atoms with van der Waals surface area (Å²) in [7, 11) is -8.13. The van der Waals surface area contributed by atoms with Crippen molar-refractivity contribution in [1.82, 2.24) is 20.2 Å². The van der Waals surface area contributed by atoms with Crippen LogP contribution in [0.4, 0.5) is 0 Å². The molecule has 0 spiro atoms. The molecule has 2 heterocycles. The first-order valence-electron chi connectivity index (χ1n) is 8.34. The molecule has 1 aliphatic heterocycles. The van der Waals surface area contributed by atoms with Gasteiger partial charge in [0, 0.05) is 18.0 Å². The van der Waals surface area contributed by atoms with Crippen molar-refractivity contribution in [1.29, 1.82) is 0 Å². The average Bonchev–Trinajstić information content (AvgIpc) is 3.11. The van der Waals surface area contributed by atoms with Crippen molar-refractivity contribution in [2.45, 2.75) is 23.7 Å². The number of benzene rings is 1. The Labute approximate surface area is 157 Å². The third-order valence-electron chi connectivity index (χ3n) is 4.21. The molecule has 1 aromatic heterocycles. The number of aromatic nitrogens is 2. The Morgan fingerprint density at radius 2 is 1.81 bits per heavy atom. The number of hydrogen-bond donors (Lipinski definition) is 3. The molecule has 3 N–H and O–H groups in total. The minimum Gasteiger partial charge on any atom is -0.339 e. The predicted octanol–water partition coefficient (Wildman–Crippen LogP) is 0.370. The Bertz CT molecular complexity index is 980. The highest BCUT2D eigenvalue weighted by Gasteiger charge is 2.22. The molecule has 1 aromatic carbocycles. The van der Waals surface area contributed by atoms with Gasteiger partial charge in [-0.05, 0) is 50.2 Å². The maximum atomic E-state index is 12.1. The van der Waals surface area contributed by atoms with Crippen LogP contribution in [0, 0.1) is 0 Å². The Morgan fingerprint density at radius 1 is 1.15 bits per heavy atom. The van der Waals surface area contributed by atoms with Gasteiger partial charge >= 0.3 is 0 Å². The van der Waals surface area contributed by atoms with Crippen LogP contribution in [0.3, 0.4) is 0 Å². The van der Waals surface area contributed by atoms with Crippen molar-refractivity contribution >= 4 is 20.1 Å². The number of sulfonamides is 1. The molecule has 0 unspecified atom stereocenters. The normalized spacial score (nSPS) is 16.5. The molecule has 2 aromatic rings. The van der Waals surface area contributed by atoms with E-state index in [0.29, 0.717) is 17.3 Å². The van der Waals surface area contributed by atoms with Gasteiger partial charge in [-0.3, -0.25) is 4.55 Å². The standard InChI is InChI=1S/C15H20N4O6S2/c20-26(21,22)10-9-17-27(23,24)13-3-1-11(2-4-13)14-18-15(25-19-14)12-5-7-16-8-6-12/h1-4,12,16-17H,5-10H2,(H,20,21,22). The lowest BCUT2D eigenvalue weighted by molar-refractivity contribution is 0.320. The van der Waals surface area contributed by atoms with Gasteiger partial charge in [0.2, 0.25) is 21.7 Å². The summed E-state index contributed by atoms with van der Waals surface area (Å²) in [6.45, 7) is 1.38. The zero-order chi connectivity index (χ0) is 19.5. The Balaban J connectivity index is 1.69. The molecule has 0 atom stereocenters. The fourth-order valence-corrected chi connectivity index (χ4v) is 4.28. The lowest BCUT2D eigenvalue weighted by Gasteiger charge is -2.18. The Kier molecular flexibility index (Phi) is 5.91. The second kappa shape index (κ2) is 8.02. The van der Waals surface area contributed by atoms with E-state index < -0.39 is 32.4 Å². The first-order chi connectivity index (χ1) is 12.7. The SMILES string of the molecule is O=S(=O)(O)CCNS(=O)(=O)c1ccc(-c2noc(C3CCNCC3)n2)cc1. The lowest BCUT2D eigenvalue weighted by atomic mass is 9.98. The van der Waals surface area contributed by atoms with Crippen molar-refractivity contribution in [3.8, 4) is 11.4 Å². The first kappa shape index (κ1) is 19.9. The van der Waals surface area contributed by atoms with E-state index in [4.69, 9.17) is 9.08 Å². The number of piperidine rings is 1. The first-order valence-corrected chi connectivity index (χ1v) is 11.4. The van der Waals surface area contributed by atoms with Gasteiger partial charge in [0.25, 0.3) is 10.1 Å². The zero-order valence-electron chi connectivity index (χ0n) is 14.3. The molecule has 27 heavy (non-hydrogen) atoms. The summed E-state index contributed by atoms with van der Waals surface area (Å²) < 4.78 is 61.7. The van der Waals surface area contributed by atoms with Crippen LogP contribution in [0.15, 0.2) is 33.7 Å². The number of nitrogens with one attached hydrogen (secondary N) is 2. The fraction of sp³-hybridized carbons (Fsp3) is 0.467. The van der Waals surface area contributed by atoms with Gasteiger partial charge < -0.3 is 9.84 Å². The number of hydrogen-bond acceptors (Lipinski definition) is 8. The van der Waals surface area contributed by atoms with Crippen molar-refractivity contribution in [3.05, 3.63) is 30.2 Å². The summed E-state index contributed by atoms with van der Waals surface area (Å²) in [4.78, 5) is 4.37. The minimum atomic E-state index is -4.24. The molecule has 148 valence electrons. The maximum Gasteiger partial charge on any atom is 0.266 e. The average molecular weight is 416 g/mol. The Morgan fingerprint density at radius 3 is 2.44 bits per heavy atom. The molecule has 1 fully saturated rings. The molecule has 12 heteroatoms. The van der Waals surface area contributed by atoms with Crippen LogP contribution in [0.25, 0.3) is 11.4 Å². The van der Waals surface area contributed by atoms with E-state index in [0.717, 1.165) is 25.9 Å². The molecular weight excluding hydrogens is 396 g/mol. The van der Waals surface area contributed by atoms with Crippen LogP contribution in [0.5, 0.6) is 0 Å². The quantitative estimate of drug-likeness (QED) is 0.544. The molecule has 0 aliphatic carbocycles. The number of nitrogens with zero attached hydrogens (tertiary/aromatic N) is 2. The Hall–Kier alpha value is -1.86. The van der Waals surface area contributed by atoms with Gasteiger partial charge in [0.05, 0.1) is 10.6 Å². The summed E-state index contributed by atoms with van der Waals surface area (Å²) in [6.07, 6.45) is 1.85. The van der Waals surface area contributed by atoms with Gasteiger partial charge in [0.15, 0.2) is 0 Å². The molecule has 0 bridgehead atoms. The third-order valence-corrected chi connectivity index (χ3v) is 6.40. The molecular formula is C15H20N4O6S2. The summed E-state index contributed by atoms with van der Waals surface area (Å²) in [5.74, 6) is 0.480. The predicted molar refractivity (Wildman–Crippen MR) is 96.2 cm³/mol. The fourth-order valence-electron chi connectivity index (χ4n) is 2.76. The van der Waals surface area contributed by atoms with Crippen LogP contribution in [-0.2, 0) is 20.1 Å². The maximum absolute atomic E-state index is 12.1. The van der Waals surface area contributed by atoms with Crippen molar-refractivity contribution < 1.29 is 25.9 Å². The molecule has 10 nitrogen and oxygen atoms in total.